The molecule has 0 aliphatic heterocycles. The highest BCUT2D eigenvalue weighted by Crippen LogP contribution is 2.26. The van der Waals surface area contributed by atoms with E-state index < -0.39 is 34.1 Å². The molecule has 2 aromatic rings. The van der Waals surface area contributed by atoms with E-state index in [1.807, 2.05) is 10.6 Å². The zero-order valence-corrected chi connectivity index (χ0v) is 17.2. The van der Waals surface area contributed by atoms with E-state index in [4.69, 9.17) is 10.2 Å². The lowest BCUT2D eigenvalue weighted by atomic mass is 10.2. The molecule has 1 heterocycles. The van der Waals surface area contributed by atoms with Gasteiger partial charge in [0, 0.05) is 24.4 Å². The summed E-state index contributed by atoms with van der Waals surface area (Å²) in [6.07, 6.45) is -4.33. The van der Waals surface area contributed by atoms with Crippen molar-refractivity contribution in [1.82, 2.24) is 20.9 Å². The van der Waals surface area contributed by atoms with E-state index in [2.05, 4.69) is 15.6 Å². The summed E-state index contributed by atoms with van der Waals surface area (Å²) >= 11 is 1.24. The van der Waals surface area contributed by atoms with Crippen molar-refractivity contribution in [1.29, 1.82) is 0 Å². The highest BCUT2D eigenvalue weighted by molar-refractivity contribution is 7.91. The molecule has 0 aliphatic rings. The number of amides is 3. The standard InChI is InChI=1S/C16H19N5O7S2/c1-9(22)18-14-19-12(8-29-14)10-2-4-11(5-3-10)30(27,28)7-6-17-13(20-15(23)24)21-16(25)26/h2-5,8,13,17,20-21H,6-7H2,1H3,(H,23,24)(H,25,26)(H,18,19,22). The third-order valence-electron chi connectivity index (χ3n) is 3.55. The van der Waals surface area contributed by atoms with Gasteiger partial charge in [0.15, 0.2) is 21.3 Å². The molecule has 0 bridgehead atoms. The highest BCUT2D eigenvalue weighted by Gasteiger charge is 2.18. The molecule has 30 heavy (non-hydrogen) atoms. The van der Waals surface area contributed by atoms with Crippen LogP contribution in [0.1, 0.15) is 6.92 Å². The molecule has 0 spiro atoms. The molecule has 0 fully saturated rings. The minimum Gasteiger partial charge on any atom is -0.465 e. The van der Waals surface area contributed by atoms with E-state index in [0.717, 1.165) is 0 Å². The summed E-state index contributed by atoms with van der Waals surface area (Å²) in [5.41, 5.74) is 1.24. The maximum Gasteiger partial charge on any atom is 0.407 e. The first-order chi connectivity index (χ1) is 14.1. The van der Waals surface area contributed by atoms with Crippen LogP contribution in [0, 0.1) is 0 Å². The van der Waals surface area contributed by atoms with Gasteiger partial charge in [0.1, 0.15) is 0 Å². The number of aromatic nitrogens is 1. The Morgan fingerprint density at radius 2 is 1.70 bits per heavy atom. The molecular weight excluding hydrogens is 438 g/mol. The van der Waals surface area contributed by atoms with Gasteiger partial charge in [0.05, 0.1) is 16.3 Å². The van der Waals surface area contributed by atoms with Crippen molar-refractivity contribution in [3.8, 4) is 11.3 Å². The lowest BCUT2D eigenvalue weighted by molar-refractivity contribution is -0.114. The molecule has 1 aromatic heterocycles. The number of thiazole rings is 1. The van der Waals surface area contributed by atoms with Crippen molar-refractivity contribution in [2.45, 2.75) is 18.1 Å². The first-order valence-corrected chi connectivity index (χ1v) is 10.9. The number of nitrogens with one attached hydrogen (secondary N) is 4. The molecule has 14 heteroatoms. The number of carboxylic acid groups (broad SMARTS) is 2. The molecule has 6 N–H and O–H groups in total. The van der Waals surface area contributed by atoms with E-state index in [-0.39, 0.29) is 17.3 Å². The fourth-order valence-electron chi connectivity index (χ4n) is 2.29. The molecule has 0 unspecified atom stereocenters. The fraction of sp³-hybridized carbons (Fsp3) is 0.250. The van der Waals surface area contributed by atoms with Crippen LogP contribution in [-0.4, -0.2) is 60.3 Å². The molecule has 162 valence electrons. The third-order valence-corrected chi connectivity index (χ3v) is 6.04. The largest absolute Gasteiger partial charge is 0.465 e. The van der Waals surface area contributed by atoms with Gasteiger partial charge in [0.25, 0.3) is 0 Å². The van der Waals surface area contributed by atoms with Gasteiger partial charge < -0.3 is 15.5 Å². The SMILES string of the molecule is CC(=O)Nc1nc(-c2ccc(S(=O)(=O)CCNC(NC(=O)O)NC(=O)O)cc2)cs1. The van der Waals surface area contributed by atoms with Gasteiger partial charge >= 0.3 is 12.2 Å². The number of carbonyl (C=O) groups excluding carboxylic acids is 1. The minimum absolute atomic E-state index is 0.0410. The predicted octanol–water partition coefficient (Wildman–Crippen LogP) is 0.951. The van der Waals surface area contributed by atoms with Gasteiger partial charge in [-0.05, 0) is 12.1 Å². The van der Waals surface area contributed by atoms with Gasteiger partial charge in [-0.15, -0.1) is 11.3 Å². The molecule has 0 atom stereocenters. The van der Waals surface area contributed by atoms with E-state index in [0.29, 0.717) is 16.4 Å². The van der Waals surface area contributed by atoms with E-state index >= 15 is 0 Å². The maximum atomic E-state index is 12.5. The topological polar surface area (TPSA) is 187 Å². The average molecular weight is 457 g/mol. The second kappa shape index (κ2) is 10.00. The number of hydrogen-bond acceptors (Lipinski definition) is 8. The van der Waals surface area contributed by atoms with Gasteiger partial charge in [0.2, 0.25) is 5.91 Å². The first-order valence-electron chi connectivity index (χ1n) is 8.35. The Morgan fingerprint density at radius 1 is 1.10 bits per heavy atom. The quantitative estimate of drug-likeness (QED) is 0.298. The summed E-state index contributed by atoms with van der Waals surface area (Å²) in [5, 5.41) is 28.3. The van der Waals surface area contributed by atoms with E-state index in [1.165, 1.54) is 30.4 Å². The third kappa shape index (κ3) is 6.98. The Balaban J connectivity index is 2.00. The van der Waals surface area contributed by atoms with Crippen molar-refractivity contribution in [2.75, 3.05) is 17.6 Å². The smallest absolute Gasteiger partial charge is 0.407 e. The summed E-state index contributed by atoms with van der Waals surface area (Å²) in [6, 6.07) is 5.97. The molecule has 0 radical (unpaired) electrons. The fourth-order valence-corrected chi connectivity index (χ4v) is 4.23. The Kier molecular flexibility index (Phi) is 7.68. The summed E-state index contributed by atoms with van der Waals surface area (Å²) in [6.45, 7) is 1.16. The first kappa shape index (κ1) is 23.1. The molecule has 3 amide bonds. The van der Waals surface area contributed by atoms with Crippen LogP contribution < -0.4 is 21.3 Å². The lowest BCUT2D eigenvalue weighted by Crippen LogP contribution is -2.56. The number of sulfone groups is 1. The van der Waals surface area contributed by atoms with Crippen LogP contribution in [0.15, 0.2) is 34.5 Å². The van der Waals surface area contributed by atoms with Crippen LogP contribution >= 0.6 is 11.3 Å². The minimum atomic E-state index is -3.71. The van der Waals surface area contributed by atoms with Gasteiger partial charge in [-0.25, -0.2) is 23.0 Å². The van der Waals surface area contributed by atoms with Crippen molar-refractivity contribution in [2.24, 2.45) is 0 Å². The van der Waals surface area contributed by atoms with Crippen molar-refractivity contribution < 1.29 is 33.0 Å². The number of anilines is 1. The number of carbonyl (C=O) groups is 3. The van der Waals surface area contributed by atoms with E-state index in [1.54, 1.807) is 17.5 Å². The Bertz CT molecular complexity index is 1000. The van der Waals surface area contributed by atoms with Gasteiger partial charge in [-0.1, -0.05) is 12.1 Å². The Morgan fingerprint density at radius 3 is 2.23 bits per heavy atom. The molecule has 12 nitrogen and oxygen atoms in total. The Hall–Kier alpha value is -3.23. The van der Waals surface area contributed by atoms with Crippen LogP contribution in [0.3, 0.4) is 0 Å². The maximum absolute atomic E-state index is 12.5. The van der Waals surface area contributed by atoms with Crippen molar-refractivity contribution >= 4 is 44.4 Å². The second-order valence-corrected chi connectivity index (χ2v) is 8.82. The molecule has 0 saturated carbocycles. The number of nitrogens with zero attached hydrogens (tertiary/aromatic N) is 1. The van der Waals surface area contributed by atoms with Crippen LogP contribution in [0.5, 0.6) is 0 Å². The van der Waals surface area contributed by atoms with Crippen molar-refractivity contribution in [3.63, 3.8) is 0 Å². The predicted molar refractivity (Wildman–Crippen MR) is 108 cm³/mol. The number of benzene rings is 1. The zero-order chi connectivity index (χ0) is 22.3. The summed E-state index contributed by atoms with van der Waals surface area (Å²) < 4.78 is 24.9. The van der Waals surface area contributed by atoms with Crippen molar-refractivity contribution in [3.05, 3.63) is 29.6 Å². The second-order valence-electron chi connectivity index (χ2n) is 5.85. The van der Waals surface area contributed by atoms with E-state index in [9.17, 15) is 22.8 Å². The Labute approximate surface area is 175 Å². The van der Waals surface area contributed by atoms with Gasteiger partial charge in [-0.2, -0.15) is 0 Å². The number of hydrogen-bond donors (Lipinski definition) is 6. The number of rotatable bonds is 9. The summed E-state index contributed by atoms with van der Waals surface area (Å²) in [7, 11) is -3.71. The molecule has 0 aliphatic carbocycles. The molecule has 0 saturated heterocycles. The molecular formula is C16H19N5O7S2. The van der Waals surface area contributed by atoms with Crippen LogP contribution in [0.2, 0.25) is 0 Å². The van der Waals surface area contributed by atoms with Crippen LogP contribution in [-0.2, 0) is 14.6 Å². The van der Waals surface area contributed by atoms with Crippen LogP contribution in [0.25, 0.3) is 11.3 Å². The molecule has 1 aromatic carbocycles. The van der Waals surface area contributed by atoms with Gasteiger partial charge in [-0.3, -0.25) is 20.7 Å². The van der Waals surface area contributed by atoms with Crippen LogP contribution in [0.4, 0.5) is 14.7 Å². The average Bonchev–Trinajstić information content (AvgIpc) is 3.08. The summed E-state index contributed by atoms with van der Waals surface area (Å²) in [4.78, 5) is 36.6. The lowest BCUT2D eigenvalue weighted by Gasteiger charge is -2.18. The monoisotopic (exact) mass is 457 g/mol. The normalized spacial score (nSPS) is 11.1. The zero-order valence-electron chi connectivity index (χ0n) is 15.6. The summed E-state index contributed by atoms with van der Waals surface area (Å²) in [5.74, 6) is -0.639. The molecule has 2 rings (SSSR count). The highest BCUT2D eigenvalue weighted by atomic mass is 32.2.